The van der Waals surface area contributed by atoms with E-state index in [9.17, 15) is 5.11 Å². The molecule has 1 N–H and O–H groups in total. The van der Waals surface area contributed by atoms with Gasteiger partial charge in [-0.3, -0.25) is 4.90 Å². The van der Waals surface area contributed by atoms with E-state index in [0.29, 0.717) is 16.7 Å². The second-order valence-electron chi connectivity index (χ2n) is 10.6. The predicted octanol–water partition coefficient (Wildman–Crippen LogP) is 3.85. The summed E-state index contributed by atoms with van der Waals surface area (Å²) in [5, 5.41) is 11.4. The highest BCUT2D eigenvalue weighted by Gasteiger charge is 2.82. The lowest BCUT2D eigenvalue weighted by Gasteiger charge is -2.67. The third kappa shape index (κ3) is 1.23. The third-order valence-corrected chi connectivity index (χ3v) is 10.5. The molecular formula is C22H33NO. The lowest BCUT2D eigenvalue weighted by molar-refractivity contribution is -0.186. The monoisotopic (exact) mass is 327 g/mol. The van der Waals surface area contributed by atoms with Crippen molar-refractivity contribution in [2.75, 3.05) is 13.1 Å². The van der Waals surface area contributed by atoms with Gasteiger partial charge in [0.1, 0.15) is 0 Å². The Hall–Kier alpha value is -0.340. The van der Waals surface area contributed by atoms with Gasteiger partial charge in [-0.15, -0.1) is 0 Å². The quantitative estimate of drug-likeness (QED) is 0.740. The summed E-state index contributed by atoms with van der Waals surface area (Å²) in [6.45, 7) is 11.9. The van der Waals surface area contributed by atoms with Crippen molar-refractivity contribution < 1.29 is 5.11 Å². The number of hydrogen-bond acceptors (Lipinski definition) is 2. The van der Waals surface area contributed by atoms with E-state index in [0.717, 1.165) is 23.8 Å². The van der Waals surface area contributed by atoms with E-state index < -0.39 is 0 Å². The molecule has 2 nitrogen and oxygen atoms in total. The first-order valence-corrected chi connectivity index (χ1v) is 10.6. The Kier molecular flexibility index (Phi) is 2.55. The highest BCUT2D eigenvalue weighted by atomic mass is 16.3. The summed E-state index contributed by atoms with van der Waals surface area (Å²) in [5.74, 6) is 3.07. The van der Waals surface area contributed by atoms with Crippen LogP contribution in [0.1, 0.15) is 58.8 Å². The van der Waals surface area contributed by atoms with Gasteiger partial charge in [0, 0.05) is 18.0 Å². The van der Waals surface area contributed by atoms with Crippen LogP contribution in [-0.4, -0.2) is 35.2 Å². The third-order valence-electron chi connectivity index (χ3n) is 10.5. The molecule has 2 unspecified atom stereocenters. The first-order chi connectivity index (χ1) is 11.5. The molecule has 2 spiro atoms. The fourth-order valence-electron chi connectivity index (χ4n) is 10.0. The topological polar surface area (TPSA) is 23.5 Å². The zero-order chi connectivity index (χ0) is 16.5. The number of hydrogen-bond donors (Lipinski definition) is 1. The maximum Gasteiger partial charge on any atom is 0.0812 e. The fourth-order valence-corrected chi connectivity index (χ4v) is 10.0. The molecule has 0 amide bonds. The second-order valence-corrected chi connectivity index (χ2v) is 10.6. The van der Waals surface area contributed by atoms with Crippen LogP contribution < -0.4 is 0 Å². The first kappa shape index (κ1) is 14.8. The van der Waals surface area contributed by atoms with Gasteiger partial charge in [-0.1, -0.05) is 26.8 Å². The highest BCUT2D eigenvalue weighted by Crippen LogP contribution is 2.83. The number of nitrogens with zero attached hydrogens (tertiary/aromatic N) is 1. The van der Waals surface area contributed by atoms with Crippen molar-refractivity contribution in [2.24, 2.45) is 39.9 Å². The van der Waals surface area contributed by atoms with E-state index >= 15 is 0 Å². The molecule has 6 aliphatic carbocycles. The van der Waals surface area contributed by atoms with Crippen LogP contribution in [0.25, 0.3) is 0 Å². The summed E-state index contributed by atoms with van der Waals surface area (Å²) < 4.78 is 0. The molecule has 132 valence electrons. The number of rotatable bonds is 1. The Morgan fingerprint density at radius 3 is 2.79 bits per heavy atom. The van der Waals surface area contributed by atoms with Gasteiger partial charge in [0.2, 0.25) is 0 Å². The van der Waals surface area contributed by atoms with Crippen LogP contribution in [0.15, 0.2) is 12.2 Å². The molecule has 1 saturated heterocycles. The van der Waals surface area contributed by atoms with Crippen LogP contribution in [-0.2, 0) is 0 Å². The van der Waals surface area contributed by atoms with Gasteiger partial charge in [0.25, 0.3) is 0 Å². The minimum Gasteiger partial charge on any atom is -0.388 e. The van der Waals surface area contributed by atoms with Crippen LogP contribution in [0.3, 0.4) is 0 Å². The molecule has 7 aliphatic rings. The fraction of sp³-hybridized carbons (Fsp3) is 0.909. The van der Waals surface area contributed by atoms with E-state index in [1.165, 1.54) is 63.6 Å². The Bertz CT molecular complexity index is 629. The molecule has 6 saturated carbocycles. The molecule has 2 heteroatoms. The Morgan fingerprint density at radius 1 is 1.17 bits per heavy atom. The van der Waals surface area contributed by atoms with Crippen LogP contribution in [0.5, 0.6) is 0 Å². The van der Waals surface area contributed by atoms with E-state index in [4.69, 9.17) is 0 Å². The van der Waals surface area contributed by atoms with Crippen molar-refractivity contribution in [2.45, 2.75) is 70.9 Å². The molecule has 0 aromatic rings. The SMILES string of the molecule is C=C1[C@H]2CC[C@@]3(C4C[C@H]5C6(CCC[C@@]5(C)CN(CC)[C@H]46)[C@@H]3C2)[C@@H]1O. The Labute approximate surface area is 146 Å². The molecule has 7 rings (SSSR count). The molecular weight excluding hydrogens is 294 g/mol. The Morgan fingerprint density at radius 2 is 2.00 bits per heavy atom. The average Bonchev–Trinajstić information content (AvgIpc) is 2.99. The van der Waals surface area contributed by atoms with Gasteiger partial charge < -0.3 is 5.11 Å². The van der Waals surface area contributed by atoms with Crippen molar-refractivity contribution in [3.05, 3.63) is 12.2 Å². The van der Waals surface area contributed by atoms with Gasteiger partial charge in [0.05, 0.1) is 6.10 Å². The standard InChI is InChI=1S/C22H33NO/c1-4-23-12-20(3)7-5-8-22-16(20)11-15(18(22)23)21-9-6-14(10-17(21)22)13(2)19(21)24/h14-19,24H,2,4-12H2,1,3H3/t14-,15?,16+,17+,18+,19+,20-,21-,22?/m0/s1. The summed E-state index contributed by atoms with van der Waals surface area (Å²) >= 11 is 0. The summed E-state index contributed by atoms with van der Waals surface area (Å²) in [5.41, 5.74) is 2.48. The van der Waals surface area contributed by atoms with Gasteiger partial charge in [-0.05, 0) is 85.1 Å². The number of aliphatic hydroxyl groups is 1. The van der Waals surface area contributed by atoms with Crippen molar-refractivity contribution in [3.8, 4) is 0 Å². The van der Waals surface area contributed by atoms with E-state index in [1.54, 1.807) is 0 Å². The molecule has 9 atom stereocenters. The van der Waals surface area contributed by atoms with Crippen molar-refractivity contribution in [1.29, 1.82) is 0 Å². The number of likely N-dealkylation sites (tertiary alicyclic amines) is 1. The van der Waals surface area contributed by atoms with Crippen LogP contribution in [0, 0.1) is 39.9 Å². The molecule has 7 fully saturated rings. The lowest BCUT2D eigenvalue weighted by atomic mass is 9.40. The molecule has 24 heavy (non-hydrogen) atoms. The largest absolute Gasteiger partial charge is 0.388 e. The first-order valence-electron chi connectivity index (χ1n) is 10.6. The summed E-state index contributed by atoms with van der Waals surface area (Å²) in [7, 11) is 0. The van der Waals surface area contributed by atoms with Gasteiger partial charge in [0.15, 0.2) is 0 Å². The van der Waals surface area contributed by atoms with Crippen LogP contribution in [0.2, 0.25) is 0 Å². The lowest BCUT2D eigenvalue weighted by Crippen LogP contribution is -2.65. The maximum absolute atomic E-state index is 11.4. The number of aliphatic hydroxyl groups excluding tert-OH is 1. The minimum atomic E-state index is -0.201. The Balaban J connectivity index is 1.58. The van der Waals surface area contributed by atoms with E-state index in [1.807, 2.05) is 0 Å². The average molecular weight is 328 g/mol. The number of piperidine rings is 1. The van der Waals surface area contributed by atoms with Gasteiger partial charge in [-0.2, -0.15) is 0 Å². The predicted molar refractivity (Wildman–Crippen MR) is 95.4 cm³/mol. The van der Waals surface area contributed by atoms with Crippen LogP contribution in [0.4, 0.5) is 0 Å². The summed E-state index contributed by atoms with van der Waals surface area (Å²) in [6, 6.07) is 0.769. The molecule has 0 radical (unpaired) electrons. The number of fused-ring (bicyclic) bond motifs is 2. The summed E-state index contributed by atoms with van der Waals surface area (Å²) in [6.07, 6.45) is 9.47. The van der Waals surface area contributed by atoms with E-state index in [2.05, 4.69) is 25.3 Å². The van der Waals surface area contributed by atoms with Crippen molar-refractivity contribution in [1.82, 2.24) is 4.90 Å². The van der Waals surface area contributed by atoms with Crippen molar-refractivity contribution >= 4 is 0 Å². The molecule has 1 heterocycles. The molecule has 0 aromatic heterocycles. The van der Waals surface area contributed by atoms with Crippen LogP contribution >= 0.6 is 0 Å². The van der Waals surface area contributed by atoms with Gasteiger partial charge >= 0.3 is 0 Å². The molecule has 0 aromatic carbocycles. The second kappa shape index (κ2) is 4.14. The smallest absolute Gasteiger partial charge is 0.0812 e. The minimum absolute atomic E-state index is 0.197. The summed E-state index contributed by atoms with van der Waals surface area (Å²) in [4.78, 5) is 2.88. The zero-order valence-electron chi connectivity index (χ0n) is 15.4. The highest BCUT2D eigenvalue weighted by molar-refractivity contribution is 5.36. The van der Waals surface area contributed by atoms with Gasteiger partial charge in [-0.25, -0.2) is 0 Å². The van der Waals surface area contributed by atoms with E-state index in [-0.39, 0.29) is 11.5 Å². The molecule has 1 aliphatic heterocycles. The maximum atomic E-state index is 11.4. The molecule has 7 bridgehead atoms. The zero-order valence-corrected chi connectivity index (χ0v) is 15.4. The van der Waals surface area contributed by atoms with Crippen molar-refractivity contribution in [3.63, 3.8) is 0 Å². The normalized spacial score (nSPS) is 63.7.